The van der Waals surface area contributed by atoms with Crippen molar-refractivity contribution in [3.05, 3.63) is 0 Å². The molecule has 0 spiro atoms. The maximum Gasteiger partial charge on any atom is 0.244 e. The summed E-state index contributed by atoms with van der Waals surface area (Å²) in [6.45, 7) is 14.2. The predicted molar refractivity (Wildman–Crippen MR) is 108 cm³/mol. The topological polar surface area (TPSA) is 60.0 Å². The van der Waals surface area contributed by atoms with Gasteiger partial charge in [-0.1, -0.05) is 13.8 Å². The minimum atomic E-state index is 0.146. The third-order valence-corrected chi connectivity index (χ3v) is 5.31. The van der Waals surface area contributed by atoms with Crippen molar-refractivity contribution < 1.29 is 4.79 Å². The van der Waals surface area contributed by atoms with Crippen LogP contribution in [-0.4, -0.2) is 74.0 Å². The maximum atomic E-state index is 12.1. The zero-order chi connectivity index (χ0) is 18.8. The number of guanidine groups is 1. The number of carbonyl (C=O) groups is 1. The van der Waals surface area contributed by atoms with Gasteiger partial charge in [-0.2, -0.15) is 0 Å². The van der Waals surface area contributed by atoms with Crippen LogP contribution in [0.1, 0.15) is 52.9 Å². The summed E-state index contributed by atoms with van der Waals surface area (Å²) in [7, 11) is 0. The highest BCUT2D eigenvalue weighted by Gasteiger charge is 2.21. The first-order valence-electron chi connectivity index (χ1n) is 10.6. The number of hydrogen-bond acceptors (Lipinski definition) is 3. The summed E-state index contributed by atoms with van der Waals surface area (Å²) < 4.78 is 0. The fraction of sp³-hybridized carbons (Fsp3) is 0.900. The van der Waals surface area contributed by atoms with E-state index in [4.69, 9.17) is 0 Å². The van der Waals surface area contributed by atoms with E-state index in [-0.39, 0.29) is 12.5 Å². The van der Waals surface area contributed by atoms with Crippen LogP contribution in [0.25, 0.3) is 0 Å². The zero-order valence-electron chi connectivity index (χ0n) is 17.1. The van der Waals surface area contributed by atoms with Crippen molar-refractivity contribution in [1.82, 2.24) is 20.4 Å². The molecule has 0 aromatic heterocycles. The van der Waals surface area contributed by atoms with Gasteiger partial charge in [-0.05, 0) is 57.4 Å². The van der Waals surface area contributed by atoms with Crippen LogP contribution in [0.15, 0.2) is 4.99 Å². The summed E-state index contributed by atoms with van der Waals surface area (Å²) in [5.41, 5.74) is 0. The van der Waals surface area contributed by atoms with E-state index in [0.717, 1.165) is 63.2 Å². The van der Waals surface area contributed by atoms with Crippen molar-refractivity contribution >= 4 is 11.9 Å². The Bertz CT molecular complexity index is 437. The van der Waals surface area contributed by atoms with Gasteiger partial charge in [-0.15, -0.1) is 0 Å². The Morgan fingerprint density at radius 2 is 1.77 bits per heavy atom. The van der Waals surface area contributed by atoms with E-state index in [1.54, 1.807) is 0 Å². The second-order valence-electron chi connectivity index (χ2n) is 8.12. The number of hydrogen-bond donors (Lipinski definition) is 2. The minimum absolute atomic E-state index is 0.146. The lowest BCUT2D eigenvalue weighted by molar-refractivity contribution is -0.128. The Labute approximate surface area is 159 Å². The van der Waals surface area contributed by atoms with Gasteiger partial charge >= 0.3 is 0 Å². The van der Waals surface area contributed by atoms with Crippen LogP contribution in [0, 0.1) is 11.8 Å². The molecule has 0 radical (unpaired) electrons. The van der Waals surface area contributed by atoms with Crippen LogP contribution in [0.3, 0.4) is 0 Å². The van der Waals surface area contributed by atoms with Gasteiger partial charge in [-0.3, -0.25) is 4.79 Å². The molecule has 2 saturated heterocycles. The molecule has 26 heavy (non-hydrogen) atoms. The van der Waals surface area contributed by atoms with Gasteiger partial charge in [0, 0.05) is 39.3 Å². The van der Waals surface area contributed by atoms with Crippen LogP contribution in [-0.2, 0) is 4.79 Å². The van der Waals surface area contributed by atoms with Gasteiger partial charge < -0.3 is 20.4 Å². The largest absolute Gasteiger partial charge is 0.357 e. The maximum absolute atomic E-state index is 12.1. The Hall–Kier alpha value is -1.30. The van der Waals surface area contributed by atoms with E-state index in [1.165, 1.54) is 32.5 Å². The number of nitrogens with zero attached hydrogens (tertiary/aromatic N) is 3. The Kier molecular flexibility index (Phi) is 9.23. The molecule has 0 saturated carbocycles. The summed E-state index contributed by atoms with van der Waals surface area (Å²) in [4.78, 5) is 21.1. The summed E-state index contributed by atoms with van der Waals surface area (Å²) >= 11 is 0. The monoisotopic (exact) mass is 365 g/mol. The molecule has 0 bridgehead atoms. The Morgan fingerprint density at radius 3 is 2.42 bits per heavy atom. The highest BCUT2D eigenvalue weighted by atomic mass is 16.2. The Morgan fingerprint density at radius 1 is 1.08 bits per heavy atom. The van der Waals surface area contributed by atoms with Crippen molar-refractivity contribution in [2.45, 2.75) is 52.9 Å². The molecule has 2 aliphatic heterocycles. The van der Waals surface area contributed by atoms with Gasteiger partial charge in [0.05, 0.1) is 0 Å². The Balaban J connectivity index is 1.62. The van der Waals surface area contributed by atoms with E-state index in [2.05, 4.69) is 41.3 Å². The lowest BCUT2D eigenvalue weighted by Gasteiger charge is -2.34. The van der Waals surface area contributed by atoms with E-state index in [0.29, 0.717) is 0 Å². The SMILES string of the molecule is CCNC(=NCC(=O)N1CCCC1)NCCCCN1CC(C)CC(C)C1. The molecule has 2 fully saturated rings. The van der Waals surface area contributed by atoms with Crippen LogP contribution >= 0.6 is 0 Å². The number of amides is 1. The molecule has 2 rings (SSSR count). The van der Waals surface area contributed by atoms with Gasteiger partial charge in [0.15, 0.2) is 5.96 Å². The van der Waals surface area contributed by atoms with Crippen LogP contribution in [0.2, 0.25) is 0 Å². The first-order chi connectivity index (χ1) is 12.6. The van der Waals surface area contributed by atoms with Crippen molar-refractivity contribution in [3.63, 3.8) is 0 Å². The van der Waals surface area contributed by atoms with Crippen molar-refractivity contribution in [1.29, 1.82) is 0 Å². The number of piperidine rings is 1. The highest BCUT2D eigenvalue weighted by Crippen LogP contribution is 2.20. The van der Waals surface area contributed by atoms with Gasteiger partial charge in [0.1, 0.15) is 6.54 Å². The second-order valence-corrected chi connectivity index (χ2v) is 8.12. The molecular formula is C20H39N5O. The van der Waals surface area contributed by atoms with E-state index in [9.17, 15) is 4.79 Å². The minimum Gasteiger partial charge on any atom is -0.357 e. The molecule has 0 aliphatic carbocycles. The van der Waals surface area contributed by atoms with E-state index in [1.807, 2.05) is 4.90 Å². The summed E-state index contributed by atoms with van der Waals surface area (Å²) in [6, 6.07) is 0. The van der Waals surface area contributed by atoms with Crippen LogP contribution < -0.4 is 10.6 Å². The fourth-order valence-electron chi connectivity index (χ4n) is 4.20. The van der Waals surface area contributed by atoms with Gasteiger partial charge in [0.25, 0.3) is 0 Å². The normalized spacial score (nSPS) is 24.7. The molecule has 6 heteroatoms. The van der Waals surface area contributed by atoms with Crippen LogP contribution in [0.4, 0.5) is 0 Å². The van der Waals surface area contributed by atoms with Crippen molar-refractivity contribution in [2.24, 2.45) is 16.8 Å². The lowest BCUT2D eigenvalue weighted by Crippen LogP contribution is -2.40. The summed E-state index contributed by atoms with van der Waals surface area (Å²) in [5.74, 6) is 2.57. The number of aliphatic imine (C=N–C) groups is 1. The molecule has 2 aliphatic rings. The van der Waals surface area contributed by atoms with E-state index < -0.39 is 0 Å². The molecule has 2 heterocycles. The predicted octanol–water partition coefficient (Wildman–Crippen LogP) is 1.92. The highest BCUT2D eigenvalue weighted by molar-refractivity contribution is 5.85. The molecule has 2 atom stereocenters. The molecule has 150 valence electrons. The van der Waals surface area contributed by atoms with Crippen molar-refractivity contribution in [3.8, 4) is 0 Å². The standard InChI is InChI=1S/C20H39N5O/c1-4-21-20(23-14-19(26)25-11-7-8-12-25)22-9-5-6-10-24-15-17(2)13-18(3)16-24/h17-18H,4-16H2,1-3H3,(H2,21,22,23). The number of rotatable bonds is 8. The molecular weight excluding hydrogens is 326 g/mol. The first-order valence-corrected chi connectivity index (χ1v) is 10.6. The van der Waals surface area contributed by atoms with Crippen LogP contribution in [0.5, 0.6) is 0 Å². The molecule has 0 aromatic rings. The van der Waals surface area contributed by atoms with Crippen molar-refractivity contribution in [2.75, 3.05) is 52.4 Å². The average molecular weight is 366 g/mol. The second kappa shape index (κ2) is 11.4. The molecule has 0 aromatic carbocycles. The van der Waals surface area contributed by atoms with Gasteiger partial charge in [0.2, 0.25) is 5.91 Å². The zero-order valence-corrected chi connectivity index (χ0v) is 17.1. The van der Waals surface area contributed by atoms with Gasteiger partial charge in [-0.25, -0.2) is 4.99 Å². The average Bonchev–Trinajstić information content (AvgIpc) is 3.13. The summed E-state index contributed by atoms with van der Waals surface area (Å²) in [5, 5.41) is 6.61. The summed E-state index contributed by atoms with van der Waals surface area (Å²) in [6.07, 6.45) is 5.96. The molecule has 1 amide bonds. The number of likely N-dealkylation sites (tertiary alicyclic amines) is 2. The molecule has 2 N–H and O–H groups in total. The smallest absolute Gasteiger partial charge is 0.244 e. The molecule has 2 unspecified atom stereocenters. The number of unbranched alkanes of at least 4 members (excludes halogenated alkanes) is 1. The fourth-order valence-corrected chi connectivity index (χ4v) is 4.20. The lowest BCUT2D eigenvalue weighted by atomic mass is 9.92. The third-order valence-electron chi connectivity index (χ3n) is 5.31. The first kappa shape index (κ1) is 21.0. The molecule has 6 nitrogen and oxygen atoms in total. The van der Waals surface area contributed by atoms with E-state index >= 15 is 0 Å². The quantitative estimate of drug-likeness (QED) is 0.392. The number of carbonyl (C=O) groups excluding carboxylic acids is 1. The third kappa shape index (κ3) is 7.52. The number of nitrogens with one attached hydrogen (secondary N) is 2.